The van der Waals surface area contributed by atoms with Gasteiger partial charge in [0.05, 0.1) is 18.8 Å². The van der Waals surface area contributed by atoms with E-state index in [1.54, 1.807) is 7.11 Å². The van der Waals surface area contributed by atoms with Crippen molar-refractivity contribution in [1.82, 2.24) is 15.1 Å². The zero-order valence-corrected chi connectivity index (χ0v) is 19.5. The number of H-pyrrole nitrogens is 1. The number of hydrogen-bond acceptors (Lipinski definition) is 3. The van der Waals surface area contributed by atoms with Crippen LogP contribution in [0.4, 0.5) is 0 Å². The Kier molecular flexibility index (Phi) is 5.49. The second-order valence-corrected chi connectivity index (χ2v) is 8.96. The maximum absolute atomic E-state index is 13.5. The molecule has 0 aliphatic carbocycles. The SMILES string of the molecule is COc1ccc(CN2C(=O)c3[nH]nc(-c4ccc(Cl)cc4)c3C2c2cccc(Br)c2)cc1. The van der Waals surface area contributed by atoms with Crippen LogP contribution < -0.4 is 4.74 Å². The minimum atomic E-state index is -0.276. The zero-order valence-electron chi connectivity index (χ0n) is 17.2. The van der Waals surface area contributed by atoms with Crippen molar-refractivity contribution in [2.45, 2.75) is 12.6 Å². The molecule has 3 aromatic carbocycles. The van der Waals surface area contributed by atoms with E-state index < -0.39 is 0 Å². The van der Waals surface area contributed by atoms with E-state index in [1.165, 1.54) is 0 Å². The van der Waals surface area contributed by atoms with E-state index in [0.29, 0.717) is 17.3 Å². The standard InChI is InChI=1S/C25H19BrClN3O2/c1-32-20-11-5-15(6-12-20)14-30-24(17-3-2-4-18(26)13-17)21-22(28-29-23(21)25(30)31)16-7-9-19(27)10-8-16/h2-13,24H,14H2,1H3,(H,28,29). The molecule has 160 valence electrons. The summed E-state index contributed by atoms with van der Waals surface area (Å²) < 4.78 is 6.22. The fourth-order valence-corrected chi connectivity index (χ4v) is 4.68. The van der Waals surface area contributed by atoms with E-state index in [4.69, 9.17) is 16.3 Å². The molecule has 2 heterocycles. The number of nitrogens with one attached hydrogen (secondary N) is 1. The average molecular weight is 509 g/mol. The lowest BCUT2D eigenvalue weighted by molar-refractivity contribution is 0.0730. The minimum absolute atomic E-state index is 0.0755. The molecule has 1 aromatic heterocycles. The number of nitrogens with zero attached hydrogens (tertiary/aromatic N) is 2. The number of ether oxygens (including phenoxy) is 1. The first-order chi connectivity index (χ1) is 15.5. The summed E-state index contributed by atoms with van der Waals surface area (Å²) in [6.07, 6.45) is 0. The van der Waals surface area contributed by atoms with Gasteiger partial charge in [0.15, 0.2) is 0 Å². The van der Waals surface area contributed by atoms with Crippen molar-refractivity contribution < 1.29 is 9.53 Å². The first kappa shape index (κ1) is 20.8. The molecule has 0 radical (unpaired) electrons. The van der Waals surface area contributed by atoms with Gasteiger partial charge in [0.1, 0.15) is 11.4 Å². The smallest absolute Gasteiger partial charge is 0.273 e. The van der Waals surface area contributed by atoms with Crippen molar-refractivity contribution >= 4 is 33.4 Å². The molecule has 5 nitrogen and oxygen atoms in total. The molecule has 1 N–H and O–H groups in total. The van der Waals surface area contributed by atoms with E-state index in [9.17, 15) is 4.79 Å². The van der Waals surface area contributed by atoms with Gasteiger partial charge in [0.2, 0.25) is 0 Å². The second-order valence-electron chi connectivity index (χ2n) is 7.61. The van der Waals surface area contributed by atoms with Gasteiger partial charge < -0.3 is 9.64 Å². The fraction of sp³-hybridized carbons (Fsp3) is 0.120. The Bertz CT molecular complexity index is 1290. The van der Waals surface area contributed by atoms with Crippen LogP contribution in [0.25, 0.3) is 11.3 Å². The normalized spacial score (nSPS) is 15.2. The molecule has 0 spiro atoms. The lowest BCUT2D eigenvalue weighted by atomic mass is 9.96. The minimum Gasteiger partial charge on any atom is -0.497 e. The third kappa shape index (κ3) is 3.70. The van der Waals surface area contributed by atoms with Crippen LogP contribution in [0.3, 0.4) is 0 Å². The molecule has 1 atom stereocenters. The Balaban J connectivity index is 1.61. The van der Waals surface area contributed by atoms with Crippen molar-refractivity contribution in [3.05, 3.63) is 105 Å². The van der Waals surface area contributed by atoms with Gasteiger partial charge in [-0.25, -0.2) is 0 Å². The van der Waals surface area contributed by atoms with Crippen molar-refractivity contribution in [3.63, 3.8) is 0 Å². The van der Waals surface area contributed by atoms with Gasteiger partial charge in [0, 0.05) is 27.2 Å². The van der Waals surface area contributed by atoms with E-state index in [-0.39, 0.29) is 11.9 Å². The number of carbonyl (C=O) groups is 1. The van der Waals surface area contributed by atoms with Gasteiger partial charge in [-0.05, 0) is 47.5 Å². The maximum Gasteiger partial charge on any atom is 0.273 e. The van der Waals surface area contributed by atoms with Crippen molar-refractivity contribution in [2.24, 2.45) is 0 Å². The Hall–Kier alpha value is -3.09. The molecule has 0 saturated carbocycles. The Morgan fingerprint density at radius 1 is 1.09 bits per heavy atom. The summed E-state index contributed by atoms with van der Waals surface area (Å²) >= 11 is 9.66. The summed E-state index contributed by atoms with van der Waals surface area (Å²) in [6.45, 7) is 0.461. The summed E-state index contributed by atoms with van der Waals surface area (Å²) in [4.78, 5) is 15.4. The van der Waals surface area contributed by atoms with E-state index >= 15 is 0 Å². The fourth-order valence-electron chi connectivity index (χ4n) is 4.14. The van der Waals surface area contributed by atoms with E-state index in [0.717, 1.165) is 38.2 Å². The number of aromatic amines is 1. The van der Waals surface area contributed by atoms with Gasteiger partial charge in [-0.2, -0.15) is 5.10 Å². The molecule has 1 aliphatic heterocycles. The highest BCUT2D eigenvalue weighted by atomic mass is 79.9. The van der Waals surface area contributed by atoms with Gasteiger partial charge in [0.25, 0.3) is 5.91 Å². The molecule has 1 amide bonds. The van der Waals surface area contributed by atoms with Crippen LogP contribution in [-0.4, -0.2) is 28.1 Å². The van der Waals surface area contributed by atoms with Crippen LogP contribution in [0.5, 0.6) is 5.75 Å². The molecule has 0 fully saturated rings. The quantitative estimate of drug-likeness (QED) is 0.347. The number of rotatable bonds is 5. The number of fused-ring (bicyclic) bond motifs is 1. The highest BCUT2D eigenvalue weighted by molar-refractivity contribution is 9.10. The Morgan fingerprint density at radius 3 is 2.53 bits per heavy atom. The Labute approximate surface area is 199 Å². The molecule has 4 aromatic rings. The largest absolute Gasteiger partial charge is 0.497 e. The number of amides is 1. The number of carbonyl (C=O) groups excluding carboxylic acids is 1. The summed E-state index contributed by atoms with van der Waals surface area (Å²) in [5.41, 5.74) is 5.09. The van der Waals surface area contributed by atoms with Gasteiger partial charge in [-0.15, -0.1) is 0 Å². The van der Waals surface area contributed by atoms with E-state index in [2.05, 4.69) is 26.1 Å². The molecule has 32 heavy (non-hydrogen) atoms. The topological polar surface area (TPSA) is 58.2 Å². The summed E-state index contributed by atoms with van der Waals surface area (Å²) in [5, 5.41) is 8.15. The first-order valence-electron chi connectivity index (χ1n) is 10.1. The van der Waals surface area contributed by atoms with Crippen LogP contribution in [0.2, 0.25) is 5.02 Å². The molecule has 1 aliphatic rings. The second kappa shape index (κ2) is 8.45. The lowest BCUT2D eigenvalue weighted by Gasteiger charge is -2.26. The zero-order chi connectivity index (χ0) is 22.2. The summed E-state index contributed by atoms with van der Waals surface area (Å²) in [5.74, 6) is 0.706. The van der Waals surface area contributed by atoms with E-state index in [1.807, 2.05) is 77.7 Å². The molecular formula is C25H19BrClN3O2. The number of halogens is 2. The van der Waals surface area contributed by atoms with Crippen LogP contribution in [-0.2, 0) is 6.54 Å². The number of aromatic nitrogens is 2. The third-order valence-electron chi connectivity index (χ3n) is 5.66. The maximum atomic E-state index is 13.5. The van der Waals surface area contributed by atoms with Crippen LogP contribution >= 0.6 is 27.5 Å². The highest BCUT2D eigenvalue weighted by Crippen LogP contribution is 2.44. The lowest BCUT2D eigenvalue weighted by Crippen LogP contribution is -2.29. The van der Waals surface area contributed by atoms with Crippen LogP contribution in [0.1, 0.15) is 33.2 Å². The molecule has 5 rings (SSSR count). The molecule has 0 bridgehead atoms. The van der Waals surface area contributed by atoms with Crippen molar-refractivity contribution in [3.8, 4) is 17.0 Å². The van der Waals surface area contributed by atoms with Crippen molar-refractivity contribution in [2.75, 3.05) is 7.11 Å². The molecule has 1 unspecified atom stereocenters. The highest BCUT2D eigenvalue weighted by Gasteiger charge is 2.42. The average Bonchev–Trinajstić information content (AvgIpc) is 3.34. The predicted molar refractivity (Wildman–Crippen MR) is 128 cm³/mol. The third-order valence-corrected chi connectivity index (χ3v) is 6.40. The molecule has 7 heteroatoms. The summed E-state index contributed by atoms with van der Waals surface area (Å²) in [7, 11) is 1.64. The van der Waals surface area contributed by atoms with Gasteiger partial charge in [-0.1, -0.05) is 63.9 Å². The first-order valence-corrected chi connectivity index (χ1v) is 11.3. The van der Waals surface area contributed by atoms with Crippen molar-refractivity contribution in [1.29, 1.82) is 0 Å². The van der Waals surface area contributed by atoms with Gasteiger partial charge in [-0.3, -0.25) is 9.89 Å². The monoisotopic (exact) mass is 507 g/mol. The number of hydrogen-bond donors (Lipinski definition) is 1. The predicted octanol–water partition coefficient (Wildman–Crippen LogP) is 6.25. The number of methoxy groups -OCH3 is 1. The molecule has 0 saturated heterocycles. The molecular weight excluding hydrogens is 490 g/mol. The van der Waals surface area contributed by atoms with Gasteiger partial charge >= 0.3 is 0 Å². The van der Waals surface area contributed by atoms with Crippen LogP contribution in [0, 0.1) is 0 Å². The summed E-state index contributed by atoms with van der Waals surface area (Å²) in [6, 6.07) is 23.1. The Morgan fingerprint density at radius 2 is 1.84 bits per heavy atom. The number of benzene rings is 3. The van der Waals surface area contributed by atoms with Crippen LogP contribution in [0.15, 0.2) is 77.3 Å².